The number of methoxy groups -OCH3 is 1. The van der Waals surface area contributed by atoms with Crippen molar-refractivity contribution >= 4 is 11.6 Å². The van der Waals surface area contributed by atoms with Crippen LogP contribution in [0.25, 0.3) is 0 Å². The number of rotatable bonds is 6. The van der Waals surface area contributed by atoms with Crippen LogP contribution in [0.15, 0.2) is 89.6 Å². The first kappa shape index (κ1) is 20.2. The molecule has 3 aromatic carbocycles. The van der Waals surface area contributed by atoms with Gasteiger partial charge in [0.15, 0.2) is 0 Å². The summed E-state index contributed by atoms with van der Waals surface area (Å²) in [6, 6.07) is 23.2. The normalized spacial score (nSPS) is 11.9. The molecule has 4 heteroatoms. The first-order valence-corrected chi connectivity index (χ1v) is 9.41. The lowest BCUT2D eigenvalue weighted by Crippen LogP contribution is -2.11. The van der Waals surface area contributed by atoms with E-state index in [-0.39, 0.29) is 0 Å². The fourth-order valence-electron chi connectivity index (χ4n) is 2.53. The van der Waals surface area contributed by atoms with Gasteiger partial charge < -0.3 is 14.2 Å². The number of aryl methyl sites for hydroxylation is 2. The van der Waals surface area contributed by atoms with Crippen LogP contribution in [-0.4, -0.2) is 13.0 Å². The Balaban J connectivity index is 1.89. The lowest BCUT2D eigenvalue weighted by molar-refractivity contribution is 0.411. The average Bonchev–Trinajstić information content (AvgIpc) is 2.74. The quantitative estimate of drug-likeness (QED) is 0.279. The Labute approximate surface area is 172 Å². The average molecular weight is 387 g/mol. The van der Waals surface area contributed by atoms with Gasteiger partial charge in [0.1, 0.15) is 17.2 Å². The maximum absolute atomic E-state index is 6.08. The van der Waals surface area contributed by atoms with Crippen LogP contribution in [0.4, 0.5) is 5.69 Å². The standard InChI is InChI=1S/C25H25NO3/c1-18-8-12-21(13-9-18)26-25(29-24-7-5-6-23(16-24)27-4)20(3)17-28-22-14-10-19(2)11-15-22/h5-17H,1-4H3/b20-17+,26-25?. The largest absolute Gasteiger partial charge is 0.497 e. The number of nitrogens with zero attached hydrogens (tertiary/aromatic N) is 1. The Morgan fingerprint density at radius 1 is 0.793 bits per heavy atom. The Kier molecular flexibility index (Phi) is 6.69. The molecule has 3 aromatic rings. The van der Waals surface area contributed by atoms with Crippen molar-refractivity contribution in [1.82, 2.24) is 0 Å². The van der Waals surface area contributed by atoms with E-state index < -0.39 is 0 Å². The molecular weight excluding hydrogens is 362 g/mol. The molecule has 3 rings (SSSR count). The molecule has 0 radical (unpaired) electrons. The number of benzene rings is 3. The predicted octanol–water partition coefficient (Wildman–Crippen LogP) is 6.40. The van der Waals surface area contributed by atoms with Gasteiger partial charge in [-0.3, -0.25) is 0 Å². The molecule has 0 saturated heterocycles. The monoisotopic (exact) mass is 387 g/mol. The van der Waals surface area contributed by atoms with Crippen molar-refractivity contribution in [3.63, 3.8) is 0 Å². The second kappa shape index (κ2) is 9.60. The molecule has 0 saturated carbocycles. The van der Waals surface area contributed by atoms with Gasteiger partial charge in [-0.05, 0) is 57.2 Å². The van der Waals surface area contributed by atoms with E-state index in [0.717, 1.165) is 22.8 Å². The molecule has 0 fully saturated rings. The van der Waals surface area contributed by atoms with Crippen LogP contribution in [0.5, 0.6) is 17.2 Å². The van der Waals surface area contributed by atoms with Gasteiger partial charge in [0.05, 0.1) is 19.1 Å². The minimum Gasteiger partial charge on any atom is -0.497 e. The first-order chi connectivity index (χ1) is 14.0. The maximum atomic E-state index is 6.08. The van der Waals surface area contributed by atoms with Gasteiger partial charge in [-0.1, -0.05) is 41.5 Å². The Bertz CT molecular complexity index is 1000. The molecular formula is C25H25NO3. The lowest BCUT2D eigenvalue weighted by atomic mass is 10.2. The van der Waals surface area contributed by atoms with E-state index in [9.17, 15) is 0 Å². The van der Waals surface area contributed by atoms with Crippen molar-refractivity contribution in [2.45, 2.75) is 20.8 Å². The van der Waals surface area contributed by atoms with E-state index in [0.29, 0.717) is 11.6 Å². The van der Waals surface area contributed by atoms with E-state index in [1.54, 1.807) is 13.4 Å². The summed E-state index contributed by atoms with van der Waals surface area (Å²) in [4.78, 5) is 4.68. The molecule has 0 aliphatic heterocycles. The van der Waals surface area contributed by atoms with Crippen molar-refractivity contribution in [2.75, 3.05) is 7.11 Å². The zero-order chi connectivity index (χ0) is 20.6. The molecule has 0 amide bonds. The van der Waals surface area contributed by atoms with E-state index in [1.165, 1.54) is 11.1 Å². The van der Waals surface area contributed by atoms with Gasteiger partial charge in [0, 0.05) is 11.6 Å². The Hall–Kier alpha value is -3.53. The van der Waals surface area contributed by atoms with Crippen molar-refractivity contribution < 1.29 is 14.2 Å². The van der Waals surface area contributed by atoms with E-state index in [4.69, 9.17) is 14.2 Å². The van der Waals surface area contributed by atoms with Crippen LogP contribution in [0.2, 0.25) is 0 Å². The summed E-state index contributed by atoms with van der Waals surface area (Å²) in [6.07, 6.45) is 1.65. The molecule has 0 unspecified atom stereocenters. The van der Waals surface area contributed by atoms with Gasteiger partial charge in [-0.15, -0.1) is 0 Å². The minimum absolute atomic E-state index is 0.453. The lowest BCUT2D eigenvalue weighted by Gasteiger charge is -2.11. The number of aliphatic imine (C=N–C) groups is 1. The third kappa shape index (κ3) is 5.98. The highest BCUT2D eigenvalue weighted by Gasteiger charge is 2.09. The van der Waals surface area contributed by atoms with Crippen molar-refractivity contribution in [3.05, 3.63) is 95.8 Å². The SMILES string of the molecule is COc1cccc(OC(=Nc2ccc(C)cc2)/C(C)=C/Oc2ccc(C)cc2)c1. The summed E-state index contributed by atoms with van der Waals surface area (Å²) in [5.74, 6) is 2.56. The number of ether oxygens (including phenoxy) is 3. The second-order valence-corrected chi connectivity index (χ2v) is 6.77. The van der Waals surface area contributed by atoms with Crippen LogP contribution in [0.1, 0.15) is 18.1 Å². The molecule has 0 N–H and O–H groups in total. The topological polar surface area (TPSA) is 40.0 Å². The summed E-state index contributed by atoms with van der Waals surface area (Å²) in [6.45, 7) is 5.99. The van der Waals surface area contributed by atoms with E-state index in [1.807, 2.05) is 93.6 Å². The summed E-state index contributed by atoms with van der Waals surface area (Å²) in [7, 11) is 1.63. The predicted molar refractivity (Wildman–Crippen MR) is 117 cm³/mol. The summed E-state index contributed by atoms with van der Waals surface area (Å²) >= 11 is 0. The van der Waals surface area contributed by atoms with E-state index >= 15 is 0 Å². The fraction of sp³-hybridized carbons (Fsp3) is 0.160. The number of hydrogen-bond acceptors (Lipinski definition) is 4. The zero-order valence-corrected chi connectivity index (χ0v) is 17.2. The molecule has 0 atom stereocenters. The van der Waals surface area contributed by atoms with Gasteiger partial charge >= 0.3 is 0 Å². The summed E-state index contributed by atoms with van der Waals surface area (Å²) in [5, 5.41) is 0. The van der Waals surface area contributed by atoms with Crippen LogP contribution < -0.4 is 14.2 Å². The van der Waals surface area contributed by atoms with Gasteiger partial charge in [-0.2, -0.15) is 0 Å². The maximum Gasteiger partial charge on any atom is 0.225 e. The van der Waals surface area contributed by atoms with Crippen LogP contribution >= 0.6 is 0 Å². The Morgan fingerprint density at radius 3 is 2.07 bits per heavy atom. The van der Waals surface area contributed by atoms with Crippen LogP contribution in [-0.2, 0) is 0 Å². The van der Waals surface area contributed by atoms with Gasteiger partial charge in [-0.25, -0.2) is 4.99 Å². The molecule has 148 valence electrons. The smallest absolute Gasteiger partial charge is 0.225 e. The first-order valence-electron chi connectivity index (χ1n) is 9.41. The molecule has 29 heavy (non-hydrogen) atoms. The fourth-order valence-corrected chi connectivity index (χ4v) is 2.53. The van der Waals surface area contributed by atoms with E-state index in [2.05, 4.69) is 4.99 Å². The van der Waals surface area contributed by atoms with Crippen LogP contribution in [0, 0.1) is 13.8 Å². The van der Waals surface area contributed by atoms with Gasteiger partial charge in [0.2, 0.25) is 5.90 Å². The van der Waals surface area contributed by atoms with Crippen molar-refractivity contribution in [3.8, 4) is 17.2 Å². The zero-order valence-electron chi connectivity index (χ0n) is 17.2. The molecule has 4 nitrogen and oxygen atoms in total. The van der Waals surface area contributed by atoms with Crippen molar-refractivity contribution in [1.29, 1.82) is 0 Å². The number of hydrogen-bond donors (Lipinski definition) is 0. The molecule has 0 heterocycles. The molecule has 0 spiro atoms. The molecule has 0 aliphatic carbocycles. The highest BCUT2D eigenvalue weighted by Crippen LogP contribution is 2.22. The Morgan fingerprint density at radius 2 is 1.41 bits per heavy atom. The van der Waals surface area contributed by atoms with Crippen molar-refractivity contribution in [2.24, 2.45) is 4.99 Å². The summed E-state index contributed by atoms with van der Waals surface area (Å²) < 4.78 is 17.2. The highest BCUT2D eigenvalue weighted by molar-refractivity contribution is 5.96. The second-order valence-electron chi connectivity index (χ2n) is 6.77. The highest BCUT2D eigenvalue weighted by atomic mass is 16.5. The molecule has 0 aromatic heterocycles. The molecule has 0 aliphatic rings. The third-order valence-corrected chi connectivity index (χ3v) is 4.25. The minimum atomic E-state index is 0.453. The van der Waals surface area contributed by atoms with Crippen LogP contribution in [0.3, 0.4) is 0 Å². The third-order valence-electron chi connectivity index (χ3n) is 4.25. The molecule has 0 bridgehead atoms. The summed E-state index contributed by atoms with van der Waals surface area (Å²) in [5.41, 5.74) is 3.92. The van der Waals surface area contributed by atoms with Gasteiger partial charge in [0.25, 0.3) is 0 Å².